The molecule has 0 spiro atoms. The molecule has 0 unspecified atom stereocenters. The molecule has 0 radical (unpaired) electrons. The molecule has 1 amide bonds. The van der Waals surface area contributed by atoms with Crippen LogP contribution in [0.25, 0.3) is 0 Å². The molecule has 5 rings (SSSR count). The SMILES string of the molecule is Cc1ccc(NC(=O)COc2ccc(Br)cc2C2C3=C(CCCC3=O)NC3=C2C(=O)CCC3)cc1C. The number of carbonyl (C=O) groups excluding carboxylic acids is 3. The van der Waals surface area contributed by atoms with Crippen LogP contribution in [0.3, 0.4) is 0 Å². The third-order valence-electron chi connectivity index (χ3n) is 7.22. The number of rotatable bonds is 5. The molecule has 0 aromatic heterocycles. The number of halogens is 1. The van der Waals surface area contributed by atoms with Gasteiger partial charge in [0.15, 0.2) is 18.2 Å². The van der Waals surface area contributed by atoms with Gasteiger partial charge in [0.2, 0.25) is 0 Å². The largest absolute Gasteiger partial charge is 0.483 e. The molecule has 36 heavy (non-hydrogen) atoms. The van der Waals surface area contributed by atoms with Crippen molar-refractivity contribution >= 4 is 39.1 Å². The van der Waals surface area contributed by atoms with Crippen molar-refractivity contribution in [2.24, 2.45) is 0 Å². The molecule has 2 N–H and O–H groups in total. The van der Waals surface area contributed by atoms with Gasteiger partial charge in [0.05, 0.1) is 0 Å². The van der Waals surface area contributed by atoms with Gasteiger partial charge < -0.3 is 15.4 Å². The van der Waals surface area contributed by atoms with Crippen LogP contribution in [0.15, 0.2) is 63.4 Å². The number of Topliss-reactive ketones (excluding diaryl/α,β-unsaturated/α-hetero) is 2. The van der Waals surface area contributed by atoms with Crippen molar-refractivity contribution in [3.8, 4) is 5.75 Å². The zero-order valence-corrected chi connectivity index (χ0v) is 22.1. The number of amides is 1. The molecule has 2 aliphatic carbocycles. The number of carbonyl (C=O) groups is 3. The standard InChI is InChI=1S/C29H29BrN2O4/c1-16-9-11-19(13-17(16)2)31-26(35)15-36-25-12-10-18(30)14-20(25)27-28-21(5-3-7-23(28)33)32-22-6-4-8-24(34)29(22)27/h9-14,27,32H,3-8,15H2,1-2H3,(H,31,35). The van der Waals surface area contributed by atoms with Gasteiger partial charge in [0.1, 0.15) is 5.75 Å². The highest BCUT2D eigenvalue weighted by Gasteiger charge is 2.41. The van der Waals surface area contributed by atoms with Gasteiger partial charge in [-0.2, -0.15) is 0 Å². The Balaban J connectivity index is 1.47. The van der Waals surface area contributed by atoms with Gasteiger partial charge >= 0.3 is 0 Å². The van der Waals surface area contributed by atoms with Gasteiger partial charge in [-0.3, -0.25) is 14.4 Å². The van der Waals surface area contributed by atoms with Gasteiger partial charge in [-0.05, 0) is 81.0 Å². The number of hydrogen-bond donors (Lipinski definition) is 2. The summed E-state index contributed by atoms with van der Waals surface area (Å²) >= 11 is 3.55. The Kier molecular flexibility index (Phi) is 6.84. The minimum Gasteiger partial charge on any atom is -0.483 e. The van der Waals surface area contributed by atoms with E-state index in [1.807, 2.05) is 44.2 Å². The molecule has 0 fully saturated rings. The molecular weight excluding hydrogens is 520 g/mol. The quantitative estimate of drug-likeness (QED) is 0.494. The summed E-state index contributed by atoms with van der Waals surface area (Å²) in [4.78, 5) is 39.0. The number of ether oxygens (including phenoxy) is 1. The highest BCUT2D eigenvalue weighted by molar-refractivity contribution is 9.10. The highest BCUT2D eigenvalue weighted by atomic mass is 79.9. The number of nitrogens with one attached hydrogen (secondary N) is 2. The average molecular weight is 549 g/mol. The van der Waals surface area contributed by atoms with E-state index in [0.29, 0.717) is 35.4 Å². The Bertz CT molecular complexity index is 1300. The number of benzene rings is 2. The monoisotopic (exact) mass is 548 g/mol. The molecule has 186 valence electrons. The summed E-state index contributed by atoms with van der Waals surface area (Å²) in [6.07, 6.45) is 4.10. The fourth-order valence-corrected chi connectivity index (χ4v) is 5.71. The summed E-state index contributed by atoms with van der Waals surface area (Å²) in [5.74, 6) is -0.142. The van der Waals surface area contributed by atoms with E-state index in [4.69, 9.17) is 4.74 Å². The van der Waals surface area contributed by atoms with E-state index in [1.165, 1.54) is 0 Å². The van der Waals surface area contributed by atoms with Crippen molar-refractivity contribution in [2.45, 2.75) is 58.3 Å². The van der Waals surface area contributed by atoms with Gasteiger partial charge in [-0.1, -0.05) is 22.0 Å². The van der Waals surface area contributed by atoms with Gasteiger partial charge in [-0.15, -0.1) is 0 Å². The molecule has 2 aromatic carbocycles. The van der Waals surface area contributed by atoms with Gasteiger partial charge in [0.25, 0.3) is 5.91 Å². The molecular formula is C29H29BrN2O4. The number of ketones is 2. The topological polar surface area (TPSA) is 84.5 Å². The summed E-state index contributed by atoms with van der Waals surface area (Å²) in [6, 6.07) is 11.3. The zero-order valence-electron chi connectivity index (χ0n) is 20.5. The summed E-state index contributed by atoms with van der Waals surface area (Å²) in [5, 5.41) is 6.32. The molecule has 0 saturated carbocycles. The molecule has 0 atom stereocenters. The van der Waals surface area contributed by atoms with E-state index in [0.717, 1.165) is 58.2 Å². The Labute approximate surface area is 219 Å². The smallest absolute Gasteiger partial charge is 0.262 e. The number of aryl methyl sites for hydroxylation is 2. The van der Waals surface area contributed by atoms with E-state index < -0.39 is 5.92 Å². The average Bonchev–Trinajstić information content (AvgIpc) is 2.85. The maximum absolute atomic E-state index is 13.2. The summed E-state index contributed by atoms with van der Waals surface area (Å²) in [6.45, 7) is 3.83. The molecule has 0 bridgehead atoms. The van der Waals surface area contributed by atoms with Crippen LogP contribution in [0.5, 0.6) is 5.75 Å². The van der Waals surface area contributed by atoms with Crippen molar-refractivity contribution in [1.82, 2.24) is 5.32 Å². The third-order valence-corrected chi connectivity index (χ3v) is 7.72. The predicted octanol–water partition coefficient (Wildman–Crippen LogP) is 5.78. The van der Waals surface area contributed by atoms with Gasteiger partial charge in [0, 0.05) is 57.0 Å². The molecule has 7 heteroatoms. The maximum atomic E-state index is 13.2. The molecule has 6 nitrogen and oxygen atoms in total. The third kappa shape index (κ3) is 4.76. The van der Waals surface area contributed by atoms with Gasteiger partial charge in [-0.25, -0.2) is 0 Å². The number of allylic oxidation sites excluding steroid dienone is 4. The highest BCUT2D eigenvalue weighted by Crippen LogP contribution is 2.48. The van der Waals surface area contributed by atoms with Crippen molar-refractivity contribution in [2.75, 3.05) is 11.9 Å². The van der Waals surface area contributed by atoms with Crippen molar-refractivity contribution in [3.63, 3.8) is 0 Å². The van der Waals surface area contributed by atoms with E-state index in [2.05, 4.69) is 26.6 Å². The lowest BCUT2D eigenvalue weighted by atomic mass is 9.71. The zero-order chi connectivity index (χ0) is 25.4. The van der Waals surface area contributed by atoms with Crippen molar-refractivity contribution in [1.29, 1.82) is 0 Å². The normalized spacial score (nSPS) is 18.0. The second-order valence-electron chi connectivity index (χ2n) is 9.71. The molecule has 0 saturated heterocycles. The lowest BCUT2D eigenvalue weighted by Crippen LogP contribution is -2.36. The molecule has 3 aliphatic rings. The van der Waals surface area contributed by atoms with Crippen molar-refractivity contribution < 1.29 is 19.1 Å². The number of hydrogen-bond acceptors (Lipinski definition) is 5. The Morgan fingerprint density at radius 2 is 1.61 bits per heavy atom. The first-order valence-corrected chi connectivity index (χ1v) is 13.2. The first kappa shape index (κ1) is 24.5. The number of anilines is 1. The van der Waals surface area contributed by atoms with E-state index in [1.54, 1.807) is 6.07 Å². The molecule has 1 heterocycles. The van der Waals surface area contributed by atoms with Crippen LogP contribution in [-0.4, -0.2) is 24.1 Å². The first-order chi connectivity index (χ1) is 17.3. The van der Waals surface area contributed by atoms with Crippen LogP contribution in [-0.2, 0) is 14.4 Å². The maximum Gasteiger partial charge on any atom is 0.262 e. The van der Waals surface area contributed by atoms with E-state index in [-0.39, 0.29) is 24.1 Å². The molecule has 1 aliphatic heterocycles. The van der Waals surface area contributed by atoms with Crippen LogP contribution >= 0.6 is 15.9 Å². The number of dihydropyridines is 1. The minimum atomic E-state index is -0.493. The second kappa shape index (κ2) is 10.1. The molecule has 2 aromatic rings. The lowest BCUT2D eigenvalue weighted by Gasteiger charge is -2.37. The Morgan fingerprint density at radius 1 is 0.944 bits per heavy atom. The van der Waals surface area contributed by atoms with Crippen LogP contribution in [0.2, 0.25) is 0 Å². The lowest BCUT2D eigenvalue weighted by molar-refractivity contribution is -0.119. The van der Waals surface area contributed by atoms with Crippen LogP contribution in [0.4, 0.5) is 5.69 Å². The van der Waals surface area contributed by atoms with Crippen LogP contribution in [0, 0.1) is 13.8 Å². The Hall–Kier alpha value is -3.19. The van der Waals surface area contributed by atoms with Crippen molar-refractivity contribution in [3.05, 3.63) is 80.1 Å². The predicted molar refractivity (Wildman–Crippen MR) is 142 cm³/mol. The Morgan fingerprint density at radius 3 is 2.25 bits per heavy atom. The summed E-state index contributed by atoms with van der Waals surface area (Å²) in [7, 11) is 0. The summed E-state index contributed by atoms with van der Waals surface area (Å²) in [5.41, 5.74) is 6.86. The minimum absolute atomic E-state index is 0.0667. The van der Waals surface area contributed by atoms with E-state index >= 15 is 0 Å². The van der Waals surface area contributed by atoms with E-state index in [9.17, 15) is 14.4 Å². The second-order valence-corrected chi connectivity index (χ2v) is 10.6. The summed E-state index contributed by atoms with van der Waals surface area (Å²) < 4.78 is 6.86. The van der Waals surface area contributed by atoms with Crippen LogP contribution < -0.4 is 15.4 Å². The first-order valence-electron chi connectivity index (χ1n) is 12.4. The fourth-order valence-electron chi connectivity index (χ4n) is 5.33. The fraction of sp³-hybridized carbons (Fsp3) is 0.345. The van der Waals surface area contributed by atoms with Crippen LogP contribution in [0.1, 0.15) is 61.1 Å².